The molecule has 1 aliphatic carbocycles. The molecule has 5 nitrogen and oxygen atoms in total. The number of H-pyrrole nitrogens is 1. The second kappa shape index (κ2) is 6.52. The summed E-state index contributed by atoms with van der Waals surface area (Å²) >= 11 is 0. The van der Waals surface area contributed by atoms with Crippen molar-refractivity contribution in [3.05, 3.63) is 30.6 Å². The van der Waals surface area contributed by atoms with E-state index in [0.717, 1.165) is 23.6 Å². The van der Waals surface area contributed by atoms with Gasteiger partial charge in [-0.1, -0.05) is 25.7 Å². The van der Waals surface area contributed by atoms with Crippen molar-refractivity contribution in [1.29, 1.82) is 0 Å². The monoisotopic (exact) mass is 284 g/mol. The maximum atomic E-state index is 11.9. The summed E-state index contributed by atoms with van der Waals surface area (Å²) in [4.78, 5) is 15.9. The maximum Gasteiger partial charge on any atom is 0.225 e. The van der Waals surface area contributed by atoms with Gasteiger partial charge in [0, 0.05) is 30.4 Å². The summed E-state index contributed by atoms with van der Waals surface area (Å²) < 4.78 is 0. The molecule has 0 atom stereocenters. The van der Waals surface area contributed by atoms with Crippen LogP contribution < -0.4 is 5.32 Å². The zero-order valence-corrected chi connectivity index (χ0v) is 12.0. The summed E-state index contributed by atoms with van der Waals surface area (Å²) in [6.07, 6.45) is 10.2. The highest BCUT2D eigenvalue weighted by Crippen LogP contribution is 2.28. The Balaban J connectivity index is 1.53. The first-order chi connectivity index (χ1) is 10.3. The Kier molecular flexibility index (Phi) is 4.28. The number of aromatic amines is 1. The molecule has 0 saturated heterocycles. The molecule has 0 aliphatic heterocycles. The van der Waals surface area contributed by atoms with Gasteiger partial charge in [0.25, 0.3) is 0 Å². The predicted molar refractivity (Wildman–Crippen MR) is 81.6 cm³/mol. The van der Waals surface area contributed by atoms with Gasteiger partial charge < -0.3 is 5.32 Å². The first-order valence-corrected chi connectivity index (χ1v) is 7.57. The van der Waals surface area contributed by atoms with Gasteiger partial charge in [0.15, 0.2) is 5.82 Å². The van der Waals surface area contributed by atoms with Gasteiger partial charge in [-0.2, -0.15) is 5.10 Å². The smallest absolute Gasteiger partial charge is 0.225 e. The topological polar surface area (TPSA) is 70.7 Å². The van der Waals surface area contributed by atoms with Crippen molar-refractivity contribution in [2.24, 2.45) is 5.92 Å². The number of carbonyl (C=O) groups is 1. The lowest BCUT2D eigenvalue weighted by atomic mass is 10.0. The average molecular weight is 284 g/mol. The highest BCUT2D eigenvalue weighted by atomic mass is 16.1. The van der Waals surface area contributed by atoms with Crippen LogP contribution in [0.25, 0.3) is 11.3 Å². The molecular weight excluding hydrogens is 264 g/mol. The molecule has 0 spiro atoms. The van der Waals surface area contributed by atoms with Crippen LogP contribution in [0.1, 0.15) is 38.5 Å². The molecule has 1 amide bonds. The highest BCUT2D eigenvalue weighted by molar-refractivity contribution is 5.90. The molecule has 21 heavy (non-hydrogen) atoms. The fourth-order valence-corrected chi connectivity index (χ4v) is 2.90. The molecule has 0 unspecified atom stereocenters. The first kappa shape index (κ1) is 13.8. The minimum Gasteiger partial charge on any atom is -0.309 e. The number of rotatable bonds is 5. The summed E-state index contributed by atoms with van der Waals surface area (Å²) in [5.41, 5.74) is 1.88. The van der Waals surface area contributed by atoms with E-state index in [1.807, 2.05) is 18.2 Å². The quantitative estimate of drug-likeness (QED) is 0.884. The molecule has 0 aromatic carbocycles. The van der Waals surface area contributed by atoms with Gasteiger partial charge in [0.05, 0.1) is 5.69 Å². The second-order valence-corrected chi connectivity index (χ2v) is 5.64. The van der Waals surface area contributed by atoms with Gasteiger partial charge in [0.1, 0.15) is 0 Å². The maximum absolute atomic E-state index is 11.9. The van der Waals surface area contributed by atoms with Crippen LogP contribution in [-0.2, 0) is 4.79 Å². The highest BCUT2D eigenvalue weighted by Gasteiger charge is 2.16. The van der Waals surface area contributed by atoms with Crippen molar-refractivity contribution in [3.63, 3.8) is 0 Å². The van der Waals surface area contributed by atoms with E-state index in [2.05, 4.69) is 20.5 Å². The Hall–Kier alpha value is -2.17. The Bertz CT molecular complexity index is 587. The van der Waals surface area contributed by atoms with E-state index in [-0.39, 0.29) is 5.91 Å². The van der Waals surface area contributed by atoms with E-state index in [1.54, 1.807) is 12.4 Å². The van der Waals surface area contributed by atoms with Crippen LogP contribution in [0.15, 0.2) is 30.6 Å². The van der Waals surface area contributed by atoms with Crippen LogP contribution in [0.4, 0.5) is 5.82 Å². The van der Waals surface area contributed by atoms with E-state index in [1.165, 1.54) is 25.7 Å². The lowest BCUT2D eigenvalue weighted by Crippen LogP contribution is -2.12. The summed E-state index contributed by atoms with van der Waals surface area (Å²) in [6.45, 7) is 0. The number of hydrogen-bond donors (Lipinski definition) is 2. The minimum atomic E-state index is 0.0506. The van der Waals surface area contributed by atoms with Gasteiger partial charge >= 0.3 is 0 Å². The molecule has 3 rings (SSSR count). The predicted octanol–water partition coefficient (Wildman–Crippen LogP) is 3.38. The van der Waals surface area contributed by atoms with Gasteiger partial charge in [-0.15, -0.1) is 0 Å². The minimum absolute atomic E-state index is 0.0506. The molecule has 110 valence electrons. The molecule has 2 aromatic heterocycles. The summed E-state index contributed by atoms with van der Waals surface area (Å²) in [6, 6.07) is 5.65. The van der Waals surface area contributed by atoms with Gasteiger partial charge in [-0.3, -0.25) is 14.9 Å². The largest absolute Gasteiger partial charge is 0.309 e. The van der Waals surface area contributed by atoms with Crippen LogP contribution in [-0.4, -0.2) is 21.1 Å². The Morgan fingerprint density at radius 3 is 2.81 bits per heavy atom. The molecule has 5 heteroatoms. The third-order valence-electron chi connectivity index (χ3n) is 4.09. The zero-order valence-electron chi connectivity index (χ0n) is 12.0. The number of carbonyl (C=O) groups excluding carboxylic acids is 1. The number of hydrogen-bond acceptors (Lipinski definition) is 3. The van der Waals surface area contributed by atoms with E-state index in [9.17, 15) is 4.79 Å². The third-order valence-corrected chi connectivity index (χ3v) is 4.09. The molecule has 0 radical (unpaired) electrons. The number of aromatic nitrogens is 3. The lowest BCUT2D eigenvalue weighted by molar-refractivity contribution is -0.116. The summed E-state index contributed by atoms with van der Waals surface area (Å²) in [5.74, 6) is 1.37. The Labute approximate surface area is 124 Å². The SMILES string of the molecule is O=C(CCC1CCCC1)Nc1cc(-c2ccncc2)[nH]n1. The van der Waals surface area contributed by atoms with Crippen molar-refractivity contribution in [2.75, 3.05) is 5.32 Å². The van der Waals surface area contributed by atoms with E-state index >= 15 is 0 Å². The molecule has 2 heterocycles. The van der Waals surface area contributed by atoms with Gasteiger partial charge in [-0.25, -0.2) is 0 Å². The number of nitrogens with zero attached hydrogens (tertiary/aromatic N) is 2. The number of nitrogens with one attached hydrogen (secondary N) is 2. The van der Waals surface area contributed by atoms with Crippen molar-refractivity contribution in [1.82, 2.24) is 15.2 Å². The van der Waals surface area contributed by atoms with Crippen LogP contribution in [0.3, 0.4) is 0 Å². The standard InChI is InChI=1S/C16H20N4O/c21-16(6-5-12-3-1-2-4-12)18-15-11-14(19-20-15)13-7-9-17-10-8-13/h7-12H,1-6H2,(H2,18,19,20,21). The van der Waals surface area contributed by atoms with E-state index < -0.39 is 0 Å². The Morgan fingerprint density at radius 1 is 1.29 bits per heavy atom. The summed E-state index contributed by atoms with van der Waals surface area (Å²) in [7, 11) is 0. The molecule has 2 N–H and O–H groups in total. The average Bonchev–Trinajstić information content (AvgIpc) is 3.17. The number of pyridine rings is 1. The lowest BCUT2D eigenvalue weighted by Gasteiger charge is -2.07. The van der Waals surface area contributed by atoms with E-state index in [4.69, 9.17) is 0 Å². The normalized spacial score (nSPS) is 15.2. The third kappa shape index (κ3) is 3.68. The molecule has 1 saturated carbocycles. The van der Waals surface area contributed by atoms with Gasteiger partial charge in [0.2, 0.25) is 5.91 Å². The number of amides is 1. The van der Waals surface area contributed by atoms with E-state index in [0.29, 0.717) is 12.2 Å². The van der Waals surface area contributed by atoms with Crippen LogP contribution in [0, 0.1) is 5.92 Å². The Morgan fingerprint density at radius 2 is 2.05 bits per heavy atom. The van der Waals surface area contributed by atoms with Crippen LogP contribution in [0.2, 0.25) is 0 Å². The van der Waals surface area contributed by atoms with Crippen LogP contribution >= 0.6 is 0 Å². The van der Waals surface area contributed by atoms with Crippen molar-refractivity contribution in [3.8, 4) is 11.3 Å². The molecule has 2 aromatic rings. The fourth-order valence-electron chi connectivity index (χ4n) is 2.90. The molecule has 1 fully saturated rings. The fraction of sp³-hybridized carbons (Fsp3) is 0.438. The molecule has 1 aliphatic rings. The number of anilines is 1. The van der Waals surface area contributed by atoms with Crippen molar-refractivity contribution in [2.45, 2.75) is 38.5 Å². The second-order valence-electron chi connectivity index (χ2n) is 5.64. The zero-order chi connectivity index (χ0) is 14.5. The van der Waals surface area contributed by atoms with Gasteiger partial charge in [-0.05, 0) is 24.5 Å². The summed E-state index contributed by atoms with van der Waals surface area (Å²) in [5, 5.41) is 9.93. The first-order valence-electron chi connectivity index (χ1n) is 7.57. The van der Waals surface area contributed by atoms with Crippen molar-refractivity contribution >= 4 is 11.7 Å². The molecule has 0 bridgehead atoms. The van der Waals surface area contributed by atoms with Crippen molar-refractivity contribution < 1.29 is 4.79 Å². The molecular formula is C16H20N4O. The van der Waals surface area contributed by atoms with Crippen LogP contribution in [0.5, 0.6) is 0 Å².